The first-order valence-electron chi connectivity index (χ1n) is 8.65. The molecule has 1 N–H and O–H groups in total. The monoisotopic (exact) mass is 291 g/mol. The van der Waals surface area contributed by atoms with E-state index >= 15 is 0 Å². The van der Waals surface area contributed by atoms with Crippen LogP contribution in [0.4, 0.5) is 0 Å². The lowest BCUT2D eigenvalue weighted by molar-refractivity contribution is 0.213. The number of nitrogens with one attached hydrogen (secondary N) is 1. The third-order valence-corrected chi connectivity index (χ3v) is 5.10. The second kappa shape index (κ2) is 6.95. The maximum absolute atomic E-state index is 4.53. The average molecular weight is 291 g/mol. The van der Waals surface area contributed by atoms with E-state index in [2.05, 4.69) is 44.3 Å². The first-order valence-corrected chi connectivity index (χ1v) is 8.65. The molecule has 0 radical (unpaired) electrons. The molecule has 120 valence electrons. The minimum Gasteiger partial charge on any atom is -0.310 e. The third-order valence-electron chi connectivity index (χ3n) is 5.10. The molecule has 2 rings (SSSR count). The summed E-state index contributed by atoms with van der Waals surface area (Å²) in [5.41, 5.74) is 3.08. The molecule has 1 saturated carbocycles. The number of rotatable bonds is 4. The van der Waals surface area contributed by atoms with Crippen LogP contribution < -0.4 is 5.32 Å². The Labute approximate surface area is 130 Å². The van der Waals surface area contributed by atoms with Gasteiger partial charge in [0.05, 0.1) is 5.69 Å². The predicted molar refractivity (Wildman–Crippen MR) is 89.2 cm³/mol. The van der Waals surface area contributed by atoms with Crippen molar-refractivity contribution in [2.24, 2.45) is 18.4 Å². The molecule has 1 heterocycles. The number of aryl methyl sites for hydroxylation is 2. The van der Waals surface area contributed by atoms with Crippen LogP contribution in [0.2, 0.25) is 0 Å². The minimum absolute atomic E-state index is 0.466. The predicted octanol–water partition coefficient (Wildman–Crippen LogP) is 4.07. The zero-order valence-corrected chi connectivity index (χ0v) is 14.6. The first kappa shape index (κ1) is 16.5. The van der Waals surface area contributed by atoms with E-state index in [1.807, 2.05) is 11.7 Å². The lowest BCUT2D eigenvalue weighted by atomic mass is 9.76. The maximum atomic E-state index is 4.53. The van der Waals surface area contributed by atoms with Crippen molar-refractivity contribution >= 4 is 0 Å². The summed E-state index contributed by atoms with van der Waals surface area (Å²) in [5.74, 6) is 0.883. The molecule has 0 bridgehead atoms. The van der Waals surface area contributed by atoms with Gasteiger partial charge in [-0.25, -0.2) is 0 Å². The summed E-state index contributed by atoms with van der Waals surface area (Å²) in [6, 6.07) is 0.683. The van der Waals surface area contributed by atoms with E-state index in [0.29, 0.717) is 11.5 Å². The van der Waals surface area contributed by atoms with Crippen LogP contribution in [0.25, 0.3) is 0 Å². The second-order valence-electron chi connectivity index (χ2n) is 7.78. The van der Waals surface area contributed by atoms with E-state index in [1.54, 1.807) is 0 Å². The van der Waals surface area contributed by atoms with Crippen molar-refractivity contribution < 1.29 is 0 Å². The van der Waals surface area contributed by atoms with E-state index in [-0.39, 0.29) is 0 Å². The molecule has 0 aromatic carbocycles. The van der Waals surface area contributed by atoms with Crippen LogP contribution in [-0.2, 0) is 20.0 Å². The Balaban J connectivity index is 1.86. The number of aromatic nitrogens is 2. The largest absolute Gasteiger partial charge is 0.310 e. The van der Waals surface area contributed by atoms with Gasteiger partial charge in [0, 0.05) is 31.4 Å². The van der Waals surface area contributed by atoms with Gasteiger partial charge in [0.15, 0.2) is 0 Å². The van der Waals surface area contributed by atoms with Gasteiger partial charge in [0.2, 0.25) is 0 Å². The van der Waals surface area contributed by atoms with Crippen LogP contribution in [0, 0.1) is 11.3 Å². The highest BCUT2D eigenvalue weighted by molar-refractivity contribution is 5.16. The van der Waals surface area contributed by atoms with Gasteiger partial charge >= 0.3 is 0 Å². The summed E-state index contributed by atoms with van der Waals surface area (Å²) in [6.07, 6.45) is 9.98. The molecule has 0 aliphatic heterocycles. The molecular weight excluding hydrogens is 258 g/mol. The van der Waals surface area contributed by atoms with Crippen molar-refractivity contribution in [3.8, 4) is 0 Å². The summed E-state index contributed by atoms with van der Waals surface area (Å²) >= 11 is 0. The summed E-state index contributed by atoms with van der Waals surface area (Å²) in [5, 5.41) is 8.32. The fourth-order valence-corrected chi connectivity index (χ4v) is 3.66. The Morgan fingerprint density at radius 2 is 2.00 bits per heavy atom. The molecule has 0 amide bonds. The summed E-state index contributed by atoms with van der Waals surface area (Å²) in [7, 11) is 2.02. The summed E-state index contributed by atoms with van der Waals surface area (Å²) in [4.78, 5) is 0. The van der Waals surface area contributed by atoms with Crippen molar-refractivity contribution in [1.82, 2.24) is 15.1 Å². The quantitative estimate of drug-likeness (QED) is 0.848. The molecule has 3 heteroatoms. The molecule has 21 heavy (non-hydrogen) atoms. The van der Waals surface area contributed by atoms with Gasteiger partial charge in [0.25, 0.3) is 0 Å². The van der Waals surface area contributed by atoms with E-state index in [1.165, 1.54) is 43.4 Å². The standard InChI is InChI=1S/C18H33N3/c1-6-17-14(13-21(5)20-17)12-19-16-9-7-8-15(10-11-16)18(2,3)4/h13,15-16,19H,6-12H2,1-5H3. The fraction of sp³-hybridized carbons (Fsp3) is 0.833. The molecule has 1 aromatic heterocycles. The highest BCUT2D eigenvalue weighted by Crippen LogP contribution is 2.36. The first-order chi connectivity index (χ1) is 9.90. The Morgan fingerprint density at radius 1 is 1.24 bits per heavy atom. The smallest absolute Gasteiger partial charge is 0.0666 e. The van der Waals surface area contributed by atoms with E-state index in [9.17, 15) is 0 Å². The normalized spacial score (nSPS) is 24.0. The highest BCUT2D eigenvalue weighted by Gasteiger charge is 2.27. The van der Waals surface area contributed by atoms with Gasteiger partial charge in [-0.1, -0.05) is 34.1 Å². The molecule has 2 unspecified atom stereocenters. The van der Waals surface area contributed by atoms with Gasteiger partial charge in [-0.3, -0.25) is 4.68 Å². The molecular formula is C18H33N3. The maximum Gasteiger partial charge on any atom is 0.0666 e. The molecule has 0 saturated heterocycles. The van der Waals surface area contributed by atoms with Crippen LogP contribution in [0.5, 0.6) is 0 Å². The van der Waals surface area contributed by atoms with Gasteiger partial charge < -0.3 is 5.32 Å². The lowest BCUT2D eigenvalue weighted by Crippen LogP contribution is -2.28. The van der Waals surface area contributed by atoms with Crippen molar-refractivity contribution in [2.45, 2.75) is 78.8 Å². The molecule has 1 aliphatic carbocycles. The van der Waals surface area contributed by atoms with Crippen LogP contribution in [0.3, 0.4) is 0 Å². The van der Waals surface area contributed by atoms with Crippen LogP contribution >= 0.6 is 0 Å². The lowest BCUT2D eigenvalue weighted by Gasteiger charge is -2.29. The molecule has 1 aromatic rings. The number of nitrogens with zero attached hydrogens (tertiary/aromatic N) is 2. The van der Waals surface area contributed by atoms with E-state index < -0.39 is 0 Å². The Morgan fingerprint density at radius 3 is 2.67 bits per heavy atom. The van der Waals surface area contributed by atoms with Gasteiger partial charge in [-0.05, 0) is 43.4 Å². The number of hydrogen-bond donors (Lipinski definition) is 1. The Kier molecular flexibility index (Phi) is 5.48. The van der Waals surface area contributed by atoms with Crippen LogP contribution in [0.1, 0.15) is 71.1 Å². The van der Waals surface area contributed by atoms with Gasteiger partial charge in [-0.2, -0.15) is 5.10 Å². The summed E-state index contributed by atoms with van der Waals surface area (Å²) < 4.78 is 1.94. The average Bonchev–Trinajstić information content (AvgIpc) is 2.62. The fourth-order valence-electron chi connectivity index (χ4n) is 3.66. The van der Waals surface area contributed by atoms with Gasteiger partial charge in [0.1, 0.15) is 0 Å². The second-order valence-corrected chi connectivity index (χ2v) is 7.78. The van der Waals surface area contributed by atoms with Crippen molar-refractivity contribution in [1.29, 1.82) is 0 Å². The van der Waals surface area contributed by atoms with Crippen molar-refractivity contribution in [3.05, 3.63) is 17.5 Å². The van der Waals surface area contributed by atoms with Gasteiger partial charge in [-0.15, -0.1) is 0 Å². The van der Waals surface area contributed by atoms with Crippen LogP contribution in [-0.4, -0.2) is 15.8 Å². The molecule has 1 aliphatic rings. The number of hydrogen-bond acceptors (Lipinski definition) is 2. The van der Waals surface area contributed by atoms with Crippen molar-refractivity contribution in [2.75, 3.05) is 0 Å². The zero-order chi connectivity index (χ0) is 15.5. The summed E-state index contributed by atoms with van der Waals surface area (Å²) in [6.45, 7) is 10.4. The zero-order valence-electron chi connectivity index (χ0n) is 14.6. The van der Waals surface area contributed by atoms with E-state index in [0.717, 1.165) is 18.9 Å². The molecule has 2 atom stereocenters. The molecule has 1 fully saturated rings. The topological polar surface area (TPSA) is 29.9 Å². The molecule has 3 nitrogen and oxygen atoms in total. The Hall–Kier alpha value is -0.830. The highest BCUT2D eigenvalue weighted by atomic mass is 15.3. The van der Waals surface area contributed by atoms with E-state index in [4.69, 9.17) is 0 Å². The Bertz CT molecular complexity index is 442. The SMILES string of the molecule is CCc1nn(C)cc1CNC1CCCC(C(C)(C)C)CC1. The van der Waals surface area contributed by atoms with Crippen molar-refractivity contribution in [3.63, 3.8) is 0 Å². The van der Waals surface area contributed by atoms with Crippen LogP contribution in [0.15, 0.2) is 6.20 Å². The molecule has 0 spiro atoms. The minimum atomic E-state index is 0.466. The third kappa shape index (κ3) is 4.57.